The maximum atomic E-state index is 13.2. The molecule has 9 nitrogen and oxygen atoms in total. The first-order valence-corrected chi connectivity index (χ1v) is 12.0. The van der Waals surface area contributed by atoms with Crippen molar-refractivity contribution in [3.05, 3.63) is 35.5 Å². The van der Waals surface area contributed by atoms with Gasteiger partial charge < -0.3 is 34.8 Å². The largest absolute Gasteiger partial charge is 0.497 e. The van der Waals surface area contributed by atoms with Crippen LogP contribution in [0.25, 0.3) is 0 Å². The normalized spacial score (nSPS) is 16.4. The quantitative estimate of drug-likeness (QED) is 0.675. The van der Waals surface area contributed by atoms with Crippen molar-refractivity contribution in [1.29, 1.82) is 0 Å². The number of methoxy groups -OCH3 is 2. The molecule has 2 N–H and O–H groups in total. The Balaban J connectivity index is 1.45. The van der Waals surface area contributed by atoms with Crippen molar-refractivity contribution in [3.8, 4) is 11.5 Å². The number of urea groups is 1. The van der Waals surface area contributed by atoms with Crippen LogP contribution in [0.1, 0.15) is 18.2 Å². The van der Waals surface area contributed by atoms with Gasteiger partial charge in [-0.1, -0.05) is 6.92 Å². The van der Waals surface area contributed by atoms with E-state index < -0.39 is 0 Å². The van der Waals surface area contributed by atoms with Crippen molar-refractivity contribution in [3.63, 3.8) is 0 Å². The van der Waals surface area contributed by atoms with Crippen LogP contribution in [0.4, 0.5) is 22.0 Å². The van der Waals surface area contributed by atoms with Crippen molar-refractivity contribution >= 4 is 23.2 Å². The Labute approximate surface area is 202 Å². The van der Waals surface area contributed by atoms with Gasteiger partial charge in [-0.05, 0) is 25.0 Å². The monoisotopic (exact) mass is 468 g/mol. The highest BCUT2D eigenvalue weighted by atomic mass is 16.5. The van der Waals surface area contributed by atoms with E-state index in [4.69, 9.17) is 14.5 Å². The molecule has 0 saturated carbocycles. The molecule has 9 heteroatoms. The summed E-state index contributed by atoms with van der Waals surface area (Å²) in [4.78, 5) is 24.5. The molecule has 2 aromatic rings. The number of carbonyl (C=O) groups is 1. The highest BCUT2D eigenvalue weighted by molar-refractivity contribution is 5.93. The summed E-state index contributed by atoms with van der Waals surface area (Å²) >= 11 is 0. The molecule has 1 aromatic carbocycles. The smallest absolute Gasteiger partial charge is 0.322 e. The second kappa shape index (κ2) is 10.8. The summed E-state index contributed by atoms with van der Waals surface area (Å²) in [5.41, 5.74) is 4.02. The van der Waals surface area contributed by atoms with Gasteiger partial charge in [0.1, 0.15) is 11.5 Å². The summed E-state index contributed by atoms with van der Waals surface area (Å²) in [7, 11) is 3.30. The maximum Gasteiger partial charge on any atom is 0.322 e. The Morgan fingerprint density at radius 2 is 1.62 bits per heavy atom. The fourth-order valence-corrected chi connectivity index (χ4v) is 4.54. The Morgan fingerprint density at radius 3 is 2.21 bits per heavy atom. The predicted octanol–water partition coefficient (Wildman–Crippen LogP) is 2.73. The topological polar surface area (TPSA) is 82.2 Å². The number of hydrogen-bond acceptors (Lipinski definition) is 7. The maximum absolute atomic E-state index is 13.2. The van der Waals surface area contributed by atoms with E-state index in [0.717, 1.165) is 85.6 Å². The Morgan fingerprint density at radius 1 is 0.971 bits per heavy atom. The van der Waals surface area contributed by atoms with E-state index in [-0.39, 0.29) is 6.03 Å². The van der Waals surface area contributed by atoms with Crippen molar-refractivity contribution in [1.82, 2.24) is 15.2 Å². The third-order valence-corrected chi connectivity index (χ3v) is 6.61. The number of benzene rings is 1. The minimum absolute atomic E-state index is 0.0769. The third-order valence-electron chi connectivity index (χ3n) is 6.61. The van der Waals surface area contributed by atoms with Crippen LogP contribution >= 0.6 is 0 Å². The number of nitrogens with one attached hydrogen (secondary N) is 2. The van der Waals surface area contributed by atoms with E-state index in [0.29, 0.717) is 13.1 Å². The summed E-state index contributed by atoms with van der Waals surface area (Å²) in [6.07, 6.45) is 0.881. The van der Waals surface area contributed by atoms with Gasteiger partial charge in [0.25, 0.3) is 0 Å². The molecule has 2 saturated heterocycles. The lowest BCUT2D eigenvalue weighted by Crippen LogP contribution is -2.50. The van der Waals surface area contributed by atoms with E-state index in [1.165, 1.54) is 0 Å². The van der Waals surface area contributed by atoms with E-state index in [9.17, 15) is 4.79 Å². The molecule has 2 amide bonds. The highest BCUT2D eigenvalue weighted by Gasteiger charge is 2.25. The number of nitrogens with zero attached hydrogens (tertiary/aromatic N) is 4. The Hall–Kier alpha value is -3.20. The zero-order valence-corrected chi connectivity index (χ0v) is 20.7. The third kappa shape index (κ3) is 5.30. The van der Waals surface area contributed by atoms with Crippen LogP contribution in [0.2, 0.25) is 0 Å². The van der Waals surface area contributed by atoms with Crippen LogP contribution < -0.4 is 29.9 Å². The van der Waals surface area contributed by atoms with Gasteiger partial charge >= 0.3 is 6.03 Å². The van der Waals surface area contributed by atoms with Crippen LogP contribution in [0.3, 0.4) is 0 Å². The van der Waals surface area contributed by atoms with Gasteiger partial charge in [0, 0.05) is 81.9 Å². The minimum atomic E-state index is -0.0769. The number of piperazine rings is 2. The van der Waals surface area contributed by atoms with Crippen LogP contribution in [0.5, 0.6) is 11.5 Å². The molecule has 2 aliphatic rings. The van der Waals surface area contributed by atoms with Crippen molar-refractivity contribution in [2.45, 2.75) is 20.3 Å². The Bertz CT molecular complexity index is 978. The van der Waals surface area contributed by atoms with Gasteiger partial charge in [0.2, 0.25) is 0 Å². The predicted molar refractivity (Wildman–Crippen MR) is 136 cm³/mol. The lowest BCUT2D eigenvalue weighted by molar-refractivity contribution is 0.208. The van der Waals surface area contributed by atoms with Crippen LogP contribution in [0.15, 0.2) is 24.3 Å². The number of amides is 2. The molecular formula is C25H36N6O3. The molecule has 0 unspecified atom stereocenters. The number of anilines is 3. The first kappa shape index (κ1) is 23.9. The molecule has 2 aliphatic heterocycles. The summed E-state index contributed by atoms with van der Waals surface area (Å²) in [6.45, 7) is 10.5. The molecular weight excluding hydrogens is 432 g/mol. The fraction of sp³-hybridized carbons (Fsp3) is 0.520. The molecule has 1 aromatic heterocycles. The first-order valence-electron chi connectivity index (χ1n) is 12.0. The molecule has 2 fully saturated rings. The fourth-order valence-electron chi connectivity index (χ4n) is 4.54. The lowest BCUT2D eigenvalue weighted by atomic mass is 10.1. The molecule has 0 aliphatic carbocycles. The van der Waals surface area contributed by atoms with E-state index in [2.05, 4.69) is 33.4 Å². The molecule has 4 rings (SSSR count). The zero-order chi connectivity index (χ0) is 24.1. The Kier molecular flexibility index (Phi) is 7.62. The van der Waals surface area contributed by atoms with Gasteiger partial charge in [0.05, 0.1) is 19.9 Å². The average Bonchev–Trinajstić information content (AvgIpc) is 2.89. The summed E-state index contributed by atoms with van der Waals surface area (Å²) in [5.74, 6) is 2.38. The highest BCUT2D eigenvalue weighted by Crippen LogP contribution is 2.30. The minimum Gasteiger partial charge on any atom is -0.497 e. The molecule has 0 spiro atoms. The van der Waals surface area contributed by atoms with Crippen LogP contribution in [0, 0.1) is 6.92 Å². The number of pyridine rings is 1. The number of carbonyl (C=O) groups excluding carboxylic acids is 1. The zero-order valence-electron chi connectivity index (χ0n) is 20.7. The van der Waals surface area contributed by atoms with Crippen molar-refractivity contribution < 1.29 is 14.3 Å². The lowest BCUT2D eigenvalue weighted by Gasteiger charge is -2.36. The van der Waals surface area contributed by atoms with E-state index in [1.54, 1.807) is 14.2 Å². The number of rotatable bonds is 6. The van der Waals surface area contributed by atoms with Gasteiger partial charge in [0.15, 0.2) is 5.82 Å². The summed E-state index contributed by atoms with van der Waals surface area (Å²) in [6, 6.07) is 7.89. The number of aromatic nitrogens is 1. The number of hydrogen-bond donors (Lipinski definition) is 2. The molecule has 0 bridgehead atoms. The summed E-state index contributed by atoms with van der Waals surface area (Å²) < 4.78 is 10.8. The van der Waals surface area contributed by atoms with Crippen LogP contribution in [-0.2, 0) is 6.42 Å². The average molecular weight is 469 g/mol. The van der Waals surface area contributed by atoms with Crippen molar-refractivity contribution in [2.24, 2.45) is 0 Å². The van der Waals surface area contributed by atoms with Gasteiger partial charge in [-0.2, -0.15) is 0 Å². The van der Waals surface area contributed by atoms with Gasteiger partial charge in [-0.15, -0.1) is 0 Å². The number of ether oxygens (including phenoxy) is 2. The van der Waals surface area contributed by atoms with Gasteiger partial charge in [-0.3, -0.25) is 0 Å². The second-order valence-electron chi connectivity index (χ2n) is 8.67. The molecule has 184 valence electrons. The standard InChI is InChI=1S/C25H36N6O3/c1-5-19-14-23(24(27-18(19)2)30-8-6-26-7-9-30)28-25(32)31-12-10-29(11-13-31)20-15-21(33-3)17-22(16-20)34-4/h14-17,26H,5-13H2,1-4H3,(H,28,32). The molecule has 0 atom stereocenters. The second-order valence-corrected chi connectivity index (χ2v) is 8.67. The van der Waals surface area contributed by atoms with Crippen LogP contribution in [-0.4, -0.2) is 82.5 Å². The van der Waals surface area contributed by atoms with E-state index >= 15 is 0 Å². The van der Waals surface area contributed by atoms with Crippen molar-refractivity contribution in [2.75, 3.05) is 81.7 Å². The first-order chi connectivity index (χ1) is 16.5. The molecule has 0 radical (unpaired) electrons. The summed E-state index contributed by atoms with van der Waals surface area (Å²) in [5, 5.41) is 6.55. The molecule has 34 heavy (non-hydrogen) atoms. The molecule has 3 heterocycles. The number of aryl methyl sites for hydroxylation is 2. The van der Waals surface area contributed by atoms with Gasteiger partial charge in [-0.25, -0.2) is 9.78 Å². The van der Waals surface area contributed by atoms with E-state index in [1.807, 2.05) is 30.0 Å². The SMILES string of the molecule is CCc1cc(NC(=O)N2CCN(c3cc(OC)cc(OC)c3)CC2)c(N2CCNCC2)nc1C.